The lowest BCUT2D eigenvalue weighted by Gasteiger charge is -2.16. The summed E-state index contributed by atoms with van der Waals surface area (Å²) >= 11 is 2.91. The van der Waals surface area contributed by atoms with Gasteiger partial charge in [-0.1, -0.05) is 31.9 Å². The van der Waals surface area contributed by atoms with Crippen LogP contribution in [0.5, 0.6) is 11.5 Å². The third-order valence-corrected chi connectivity index (χ3v) is 9.64. The predicted octanol–water partition coefficient (Wildman–Crippen LogP) is 7.36. The van der Waals surface area contributed by atoms with Crippen molar-refractivity contribution in [2.24, 2.45) is 0 Å². The molecule has 0 spiro atoms. The molecule has 0 fully saturated rings. The van der Waals surface area contributed by atoms with Gasteiger partial charge in [-0.25, -0.2) is 4.79 Å². The molecule has 3 aromatic rings. The number of benzene rings is 2. The largest absolute Gasteiger partial charge is 0.496 e. The molecule has 0 saturated heterocycles. The van der Waals surface area contributed by atoms with E-state index in [9.17, 15) is 14.4 Å². The summed E-state index contributed by atoms with van der Waals surface area (Å²) < 4.78 is 16.1. The Hall–Kier alpha value is -3.50. The Morgan fingerprint density at radius 2 is 1.60 bits per heavy atom. The monoisotopic (exact) mass is 610 g/mol. The quantitative estimate of drug-likeness (QED) is 0.173. The first-order valence-electron chi connectivity index (χ1n) is 14.3. The van der Waals surface area contributed by atoms with Crippen molar-refractivity contribution < 1.29 is 28.6 Å². The molecule has 2 aromatic carbocycles. The van der Waals surface area contributed by atoms with E-state index in [1.807, 2.05) is 25.1 Å². The number of fused-ring (bicyclic) bond motifs is 1. The van der Waals surface area contributed by atoms with Gasteiger partial charge in [-0.15, -0.1) is 23.1 Å². The van der Waals surface area contributed by atoms with Crippen molar-refractivity contribution in [2.75, 3.05) is 31.5 Å². The van der Waals surface area contributed by atoms with E-state index in [0.717, 1.165) is 42.6 Å². The molecule has 0 bridgehead atoms. The number of aryl methyl sites for hydroxylation is 1. The summed E-state index contributed by atoms with van der Waals surface area (Å²) in [7, 11) is 3.01. The highest BCUT2D eigenvalue weighted by atomic mass is 32.2. The zero-order valence-corrected chi connectivity index (χ0v) is 26.2. The lowest BCUT2D eigenvalue weighted by Crippen LogP contribution is -2.25. The maximum Gasteiger partial charge on any atom is 0.341 e. The fourth-order valence-corrected chi connectivity index (χ4v) is 7.32. The van der Waals surface area contributed by atoms with Crippen molar-refractivity contribution in [1.82, 2.24) is 0 Å². The highest BCUT2D eigenvalue weighted by Gasteiger charge is 2.28. The van der Waals surface area contributed by atoms with Crippen LogP contribution >= 0.6 is 23.1 Å². The minimum atomic E-state index is -0.412. The van der Waals surface area contributed by atoms with Gasteiger partial charge in [0, 0.05) is 15.5 Å². The van der Waals surface area contributed by atoms with Crippen molar-refractivity contribution in [3.05, 3.63) is 64.0 Å². The number of methoxy groups -OCH3 is 2. The number of anilines is 2. The SMILES string of the molecule is CCOC(=O)c1c(NC(=O)C(CC)Sc2cccc(NC(=O)c3c(OC)cccc3OC)c2)sc2c1CCCCCC2. The maximum absolute atomic E-state index is 13.5. The number of ether oxygens (including phenoxy) is 3. The fourth-order valence-electron chi connectivity index (χ4n) is 5.02. The summed E-state index contributed by atoms with van der Waals surface area (Å²) in [6, 6.07) is 12.5. The molecule has 0 radical (unpaired) electrons. The Balaban J connectivity index is 1.51. The number of nitrogens with one attached hydrogen (secondary N) is 2. The molecule has 42 heavy (non-hydrogen) atoms. The van der Waals surface area contributed by atoms with E-state index >= 15 is 0 Å². The number of thioether (sulfide) groups is 1. The molecule has 1 aliphatic rings. The molecule has 224 valence electrons. The Morgan fingerprint density at radius 1 is 0.905 bits per heavy atom. The van der Waals surface area contributed by atoms with Crippen molar-refractivity contribution in [1.29, 1.82) is 0 Å². The third kappa shape index (κ3) is 7.46. The molecule has 0 saturated carbocycles. The number of rotatable bonds is 11. The first-order valence-corrected chi connectivity index (χ1v) is 16.0. The second-order valence-electron chi connectivity index (χ2n) is 9.87. The lowest BCUT2D eigenvalue weighted by atomic mass is 9.96. The summed E-state index contributed by atoms with van der Waals surface area (Å²) in [5.74, 6) is -0.0965. The summed E-state index contributed by atoms with van der Waals surface area (Å²) in [5.41, 5.74) is 2.43. The number of carbonyl (C=O) groups is 3. The van der Waals surface area contributed by atoms with Crippen LogP contribution in [-0.4, -0.2) is 43.9 Å². The van der Waals surface area contributed by atoms with Gasteiger partial charge in [-0.05, 0) is 74.9 Å². The smallest absolute Gasteiger partial charge is 0.341 e. The summed E-state index contributed by atoms with van der Waals surface area (Å²) in [6.07, 6.45) is 6.72. The third-order valence-electron chi connectivity index (χ3n) is 7.08. The minimum absolute atomic E-state index is 0.171. The van der Waals surface area contributed by atoms with Crippen LogP contribution in [0.3, 0.4) is 0 Å². The Labute approximate surface area is 255 Å². The molecule has 1 heterocycles. The van der Waals surface area contributed by atoms with Crippen LogP contribution in [0.4, 0.5) is 10.7 Å². The molecule has 1 atom stereocenters. The number of amides is 2. The van der Waals surface area contributed by atoms with Crippen molar-refractivity contribution >= 4 is 51.6 Å². The number of carbonyl (C=O) groups excluding carboxylic acids is 3. The van der Waals surface area contributed by atoms with E-state index in [0.29, 0.717) is 39.7 Å². The van der Waals surface area contributed by atoms with Gasteiger partial charge < -0.3 is 24.8 Å². The summed E-state index contributed by atoms with van der Waals surface area (Å²) in [5, 5.41) is 6.16. The van der Waals surface area contributed by atoms with Gasteiger partial charge in [0.25, 0.3) is 5.91 Å². The van der Waals surface area contributed by atoms with Crippen LogP contribution in [0.1, 0.15) is 77.1 Å². The molecule has 4 rings (SSSR count). The second-order valence-corrected chi connectivity index (χ2v) is 12.2. The van der Waals surface area contributed by atoms with Crippen LogP contribution in [0.25, 0.3) is 0 Å². The number of hydrogen-bond donors (Lipinski definition) is 2. The molecular weight excluding hydrogens is 572 g/mol. The van der Waals surface area contributed by atoms with Gasteiger partial charge in [-0.2, -0.15) is 0 Å². The van der Waals surface area contributed by atoms with Gasteiger partial charge in [0.1, 0.15) is 22.1 Å². The van der Waals surface area contributed by atoms with E-state index < -0.39 is 5.25 Å². The molecule has 1 unspecified atom stereocenters. The molecule has 1 aliphatic carbocycles. The molecular formula is C32H38N2O6S2. The Kier molecular flexibility index (Phi) is 11.3. The van der Waals surface area contributed by atoms with Crippen molar-refractivity contribution in [3.8, 4) is 11.5 Å². The van der Waals surface area contributed by atoms with Crippen LogP contribution < -0.4 is 20.1 Å². The molecule has 10 heteroatoms. The van der Waals surface area contributed by atoms with Crippen LogP contribution in [0.15, 0.2) is 47.4 Å². The van der Waals surface area contributed by atoms with E-state index in [1.54, 1.807) is 31.2 Å². The highest BCUT2D eigenvalue weighted by Crippen LogP contribution is 2.39. The maximum atomic E-state index is 13.5. The molecule has 8 nitrogen and oxygen atoms in total. The molecule has 2 N–H and O–H groups in total. The van der Waals surface area contributed by atoms with E-state index in [-0.39, 0.29) is 24.4 Å². The van der Waals surface area contributed by atoms with Crippen LogP contribution in [0, 0.1) is 0 Å². The first kappa shape index (κ1) is 31.4. The minimum Gasteiger partial charge on any atom is -0.496 e. The van der Waals surface area contributed by atoms with Crippen molar-refractivity contribution in [2.45, 2.75) is 68.9 Å². The standard InChI is InChI=1S/C32H38N2O6S2/c1-5-25(29(35)34-31-27(32(37)40-6-2)22-15-9-7-8-10-18-26(22)42-31)41-21-14-11-13-20(19-21)33-30(36)28-23(38-3)16-12-17-24(28)39-4/h11-14,16-17,19,25H,5-10,15,18H2,1-4H3,(H,33,36)(H,34,35). The van der Waals surface area contributed by atoms with E-state index in [1.165, 1.54) is 48.6 Å². The van der Waals surface area contributed by atoms with Gasteiger partial charge in [0.05, 0.1) is 31.6 Å². The van der Waals surface area contributed by atoms with Crippen LogP contribution in [0.2, 0.25) is 0 Å². The first-order chi connectivity index (χ1) is 20.4. The molecule has 2 amide bonds. The molecule has 0 aliphatic heterocycles. The zero-order chi connectivity index (χ0) is 30.1. The number of hydrogen-bond acceptors (Lipinski definition) is 8. The highest BCUT2D eigenvalue weighted by molar-refractivity contribution is 8.00. The number of esters is 1. The number of thiophene rings is 1. The lowest BCUT2D eigenvalue weighted by molar-refractivity contribution is -0.115. The predicted molar refractivity (Wildman–Crippen MR) is 169 cm³/mol. The van der Waals surface area contributed by atoms with E-state index in [4.69, 9.17) is 14.2 Å². The normalized spacial score (nSPS) is 13.6. The average Bonchev–Trinajstić information content (AvgIpc) is 3.30. The van der Waals surface area contributed by atoms with Crippen molar-refractivity contribution in [3.63, 3.8) is 0 Å². The average molecular weight is 611 g/mol. The van der Waals surface area contributed by atoms with Gasteiger partial charge >= 0.3 is 5.97 Å². The van der Waals surface area contributed by atoms with Gasteiger partial charge in [0.15, 0.2) is 0 Å². The Bertz CT molecular complexity index is 1400. The van der Waals surface area contributed by atoms with Crippen LogP contribution in [-0.2, 0) is 22.4 Å². The van der Waals surface area contributed by atoms with Gasteiger partial charge in [0.2, 0.25) is 5.91 Å². The molecule has 1 aromatic heterocycles. The topological polar surface area (TPSA) is 103 Å². The second kappa shape index (κ2) is 15.1. The zero-order valence-electron chi connectivity index (χ0n) is 24.5. The summed E-state index contributed by atoms with van der Waals surface area (Å²) in [4.78, 5) is 41.7. The van der Waals surface area contributed by atoms with Gasteiger partial charge in [-0.3, -0.25) is 9.59 Å². The summed E-state index contributed by atoms with van der Waals surface area (Å²) in [6.45, 7) is 4.03. The Morgan fingerprint density at radius 3 is 2.26 bits per heavy atom. The fraction of sp³-hybridized carbons (Fsp3) is 0.406. The van der Waals surface area contributed by atoms with E-state index in [2.05, 4.69) is 10.6 Å².